The van der Waals surface area contributed by atoms with Gasteiger partial charge in [-0.2, -0.15) is 0 Å². The SMILES string of the molecule is CN1CCN(C)[C@H](CNC(=O)NC[C@@H]2C[C@]23CCc2ccccc23)C1. The zero-order chi connectivity index (χ0) is 17.4. The Labute approximate surface area is 150 Å². The van der Waals surface area contributed by atoms with Crippen molar-refractivity contribution in [2.24, 2.45) is 5.92 Å². The van der Waals surface area contributed by atoms with Gasteiger partial charge in [0.2, 0.25) is 0 Å². The van der Waals surface area contributed by atoms with Gasteiger partial charge in [-0.1, -0.05) is 24.3 Å². The molecule has 0 bridgehead atoms. The van der Waals surface area contributed by atoms with Gasteiger partial charge in [0.1, 0.15) is 0 Å². The number of nitrogens with zero attached hydrogens (tertiary/aromatic N) is 2. The lowest BCUT2D eigenvalue weighted by Crippen LogP contribution is -2.55. The maximum absolute atomic E-state index is 12.2. The van der Waals surface area contributed by atoms with E-state index in [0.29, 0.717) is 23.9 Å². The van der Waals surface area contributed by atoms with Gasteiger partial charge < -0.3 is 15.5 Å². The summed E-state index contributed by atoms with van der Waals surface area (Å²) in [7, 11) is 4.29. The Morgan fingerprint density at radius 1 is 1.20 bits per heavy atom. The zero-order valence-corrected chi connectivity index (χ0v) is 15.4. The van der Waals surface area contributed by atoms with Crippen LogP contribution in [0.3, 0.4) is 0 Å². The number of likely N-dealkylation sites (N-methyl/N-ethyl adjacent to an activating group) is 2. The van der Waals surface area contributed by atoms with E-state index in [2.05, 4.69) is 58.8 Å². The number of carbonyl (C=O) groups excluding carboxylic acids is 1. The van der Waals surface area contributed by atoms with Crippen molar-refractivity contribution in [3.8, 4) is 0 Å². The van der Waals surface area contributed by atoms with E-state index in [1.165, 1.54) is 30.4 Å². The van der Waals surface area contributed by atoms with Gasteiger partial charge in [-0.25, -0.2) is 4.79 Å². The van der Waals surface area contributed by atoms with Crippen LogP contribution in [0.1, 0.15) is 24.0 Å². The number of aryl methyl sites for hydroxylation is 1. The quantitative estimate of drug-likeness (QED) is 0.870. The Morgan fingerprint density at radius 3 is 2.88 bits per heavy atom. The number of amides is 2. The number of piperazine rings is 1. The van der Waals surface area contributed by atoms with Crippen LogP contribution >= 0.6 is 0 Å². The van der Waals surface area contributed by atoms with Gasteiger partial charge in [-0.15, -0.1) is 0 Å². The van der Waals surface area contributed by atoms with Crippen LogP contribution in [-0.4, -0.2) is 68.7 Å². The van der Waals surface area contributed by atoms with Gasteiger partial charge in [0.25, 0.3) is 0 Å². The average Bonchev–Trinajstić information content (AvgIpc) is 3.20. The van der Waals surface area contributed by atoms with Crippen molar-refractivity contribution >= 4 is 6.03 Å². The Balaban J connectivity index is 1.23. The van der Waals surface area contributed by atoms with Crippen LogP contribution in [0.4, 0.5) is 4.79 Å². The summed E-state index contributed by atoms with van der Waals surface area (Å²) in [6, 6.07) is 9.22. The van der Waals surface area contributed by atoms with Crippen molar-refractivity contribution in [1.82, 2.24) is 20.4 Å². The second kappa shape index (κ2) is 6.61. The Kier molecular flexibility index (Phi) is 4.46. The zero-order valence-electron chi connectivity index (χ0n) is 15.4. The topological polar surface area (TPSA) is 47.6 Å². The molecule has 2 fully saturated rings. The summed E-state index contributed by atoms with van der Waals surface area (Å²) in [5, 5.41) is 6.18. The highest BCUT2D eigenvalue weighted by molar-refractivity contribution is 5.74. The molecule has 4 rings (SSSR count). The third-order valence-electron chi connectivity index (χ3n) is 6.61. The minimum atomic E-state index is -0.0186. The summed E-state index contributed by atoms with van der Waals surface area (Å²) in [4.78, 5) is 16.9. The molecule has 3 aliphatic rings. The molecule has 0 unspecified atom stereocenters. The van der Waals surface area contributed by atoms with Gasteiger partial charge in [0, 0.05) is 44.2 Å². The molecular formula is C20H30N4O. The van der Waals surface area contributed by atoms with Gasteiger partial charge >= 0.3 is 6.03 Å². The summed E-state index contributed by atoms with van der Waals surface area (Å²) >= 11 is 0. The first-order valence-electron chi connectivity index (χ1n) is 9.57. The second-order valence-electron chi connectivity index (χ2n) is 8.20. The average molecular weight is 342 g/mol. The number of hydrogen-bond donors (Lipinski definition) is 2. The predicted molar refractivity (Wildman–Crippen MR) is 99.9 cm³/mol. The lowest BCUT2D eigenvalue weighted by molar-refractivity contribution is 0.114. The normalized spacial score (nSPS) is 31.8. The Bertz CT molecular complexity index is 648. The molecule has 2 N–H and O–H groups in total. The Hall–Kier alpha value is -1.59. The van der Waals surface area contributed by atoms with E-state index in [9.17, 15) is 4.79 Å². The first kappa shape index (κ1) is 16.9. The molecule has 1 saturated heterocycles. The molecule has 0 radical (unpaired) electrons. The van der Waals surface area contributed by atoms with Gasteiger partial charge in [0.05, 0.1) is 0 Å². The van der Waals surface area contributed by atoms with Gasteiger partial charge in [-0.3, -0.25) is 4.90 Å². The number of fused-ring (bicyclic) bond motifs is 2. The smallest absolute Gasteiger partial charge is 0.314 e. The summed E-state index contributed by atoms with van der Waals surface area (Å²) < 4.78 is 0. The monoisotopic (exact) mass is 342 g/mol. The molecule has 5 heteroatoms. The molecule has 25 heavy (non-hydrogen) atoms. The van der Waals surface area contributed by atoms with Crippen molar-refractivity contribution in [2.75, 3.05) is 46.8 Å². The summed E-state index contributed by atoms with van der Waals surface area (Å²) in [6.45, 7) is 4.68. The van der Waals surface area contributed by atoms with Gasteiger partial charge in [-0.05, 0) is 50.4 Å². The molecular weight excluding hydrogens is 312 g/mol. The lowest BCUT2D eigenvalue weighted by Gasteiger charge is -2.37. The first-order chi connectivity index (χ1) is 12.1. The number of urea groups is 1. The molecule has 3 atom stereocenters. The molecule has 136 valence electrons. The molecule has 2 aliphatic carbocycles. The number of rotatable bonds is 4. The largest absolute Gasteiger partial charge is 0.338 e. The first-order valence-corrected chi connectivity index (χ1v) is 9.57. The molecule has 1 saturated carbocycles. The Morgan fingerprint density at radius 2 is 2.00 bits per heavy atom. The maximum atomic E-state index is 12.2. The molecule has 5 nitrogen and oxygen atoms in total. The van der Waals surface area contributed by atoms with E-state index in [4.69, 9.17) is 0 Å². The minimum absolute atomic E-state index is 0.0186. The van der Waals surface area contributed by atoms with Crippen molar-refractivity contribution in [3.63, 3.8) is 0 Å². The molecule has 2 amide bonds. The van der Waals surface area contributed by atoms with Crippen molar-refractivity contribution in [1.29, 1.82) is 0 Å². The van der Waals surface area contributed by atoms with Gasteiger partial charge in [0.15, 0.2) is 0 Å². The summed E-state index contributed by atoms with van der Waals surface area (Å²) in [5.74, 6) is 0.602. The predicted octanol–water partition coefficient (Wildman–Crippen LogP) is 1.44. The molecule has 1 spiro atoms. The van der Waals surface area contributed by atoms with E-state index >= 15 is 0 Å². The second-order valence-corrected chi connectivity index (χ2v) is 8.20. The van der Waals surface area contributed by atoms with Crippen molar-refractivity contribution < 1.29 is 4.79 Å². The standard InChI is InChI=1S/C20H30N4O/c1-23-9-10-24(2)17(14-23)13-22-19(25)21-12-16-11-20(16)8-7-15-5-3-4-6-18(15)20/h3-6,16-17H,7-14H2,1-2H3,(H2,21,22,25)/t16-,17+,20+/m0/s1. The van der Waals surface area contributed by atoms with E-state index in [1.54, 1.807) is 0 Å². The fourth-order valence-electron chi connectivity index (χ4n) is 4.81. The van der Waals surface area contributed by atoms with Crippen LogP contribution < -0.4 is 10.6 Å². The highest BCUT2D eigenvalue weighted by atomic mass is 16.2. The van der Waals surface area contributed by atoms with Crippen molar-refractivity contribution in [3.05, 3.63) is 35.4 Å². The summed E-state index contributed by atoms with van der Waals surface area (Å²) in [6.07, 6.45) is 3.67. The number of benzene rings is 1. The molecule has 1 heterocycles. The fourth-order valence-corrected chi connectivity index (χ4v) is 4.81. The highest BCUT2D eigenvalue weighted by Crippen LogP contribution is 2.61. The molecule has 1 aliphatic heterocycles. The maximum Gasteiger partial charge on any atom is 0.314 e. The molecule has 0 aromatic heterocycles. The third kappa shape index (κ3) is 3.27. The summed E-state index contributed by atoms with van der Waals surface area (Å²) in [5.41, 5.74) is 3.41. The van der Waals surface area contributed by atoms with Crippen LogP contribution in [0.2, 0.25) is 0 Å². The van der Waals surface area contributed by atoms with E-state index in [1.807, 2.05) is 0 Å². The van der Waals surface area contributed by atoms with Crippen LogP contribution in [0, 0.1) is 5.92 Å². The van der Waals surface area contributed by atoms with Crippen LogP contribution in [-0.2, 0) is 11.8 Å². The highest BCUT2D eigenvalue weighted by Gasteiger charge is 2.57. The molecule has 1 aromatic carbocycles. The molecule has 1 aromatic rings. The fraction of sp³-hybridized carbons (Fsp3) is 0.650. The third-order valence-corrected chi connectivity index (χ3v) is 6.61. The lowest BCUT2D eigenvalue weighted by atomic mass is 9.95. The van der Waals surface area contributed by atoms with Crippen LogP contribution in [0.15, 0.2) is 24.3 Å². The number of hydrogen-bond acceptors (Lipinski definition) is 3. The minimum Gasteiger partial charge on any atom is -0.338 e. The van der Waals surface area contributed by atoms with E-state index < -0.39 is 0 Å². The number of nitrogens with one attached hydrogen (secondary N) is 2. The van der Waals surface area contributed by atoms with Crippen LogP contribution in [0.25, 0.3) is 0 Å². The number of carbonyl (C=O) groups is 1. The van der Waals surface area contributed by atoms with Crippen molar-refractivity contribution in [2.45, 2.75) is 30.7 Å². The van der Waals surface area contributed by atoms with E-state index in [0.717, 1.165) is 26.2 Å². The van der Waals surface area contributed by atoms with E-state index in [-0.39, 0.29) is 6.03 Å². The van der Waals surface area contributed by atoms with Crippen LogP contribution in [0.5, 0.6) is 0 Å².